The fourth-order valence-corrected chi connectivity index (χ4v) is 1.95. The van der Waals surface area contributed by atoms with Crippen LogP contribution in [0.4, 0.5) is 5.82 Å². The topological polar surface area (TPSA) is 66.5 Å². The van der Waals surface area contributed by atoms with E-state index < -0.39 is 0 Å². The zero-order valence-corrected chi connectivity index (χ0v) is 14.5. The smallest absolute Gasteiger partial charge is 0.188 e. The number of halogens is 1. The van der Waals surface area contributed by atoms with Crippen LogP contribution in [0.5, 0.6) is 0 Å². The van der Waals surface area contributed by atoms with Crippen LogP contribution >= 0.6 is 24.0 Å². The molecule has 0 aliphatic heterocycles. The normalized spacial score (nSPS) is 15.2. The first kappa shape index (κ1) is 17.0. The maximum absolute atomic E-state index is 5.84. The van der Waals surface area contributed by atoms with E-state index in [0.717, 1.165) is 23.8 Å². The molecule has 2 rings (SSSR count). The van der Waals surface area contributed by atoms with E-state index in [1.807, 2.05) is 37.3 Å². The molecule has 0 atom stereocenters. The van der Waals surface area contributed by atoms with E-state index >= 15 is 0 Å². The Bertz CT molecular complexity index is 426. The Morgan fingerprint density at radius 1 is 1.45 bits per heavy atom. The van der Waals surface area contributed by atoms with Gasteiger partial charge in [0.2, 0.25) is 0 Å². The molecule has 6 heteroatoms. The molecule has 1 heterocycles. The summed E-state index contributed by atoms with van der Waals surface area (Å²) in [6.07, 6.45) is 5.83. The highest BCUT2D eigenvalue weighted by molar-refractivity contribution is 14.0. The molecular weight excluding hydrogens is 365 g/mol. The summed E-state index contributed by atoms with van der Waals surface area (Å²) in [6.45, 7) is 1.53. The Hall–Kier alpha value is -1.05. The van der Waals surface area contributed by atoms with Gasteiger partial charge in [0.1, 0.15) is 5.82 Å². The number of pyridine rings is 1. The van der Waals surface area contributed by atoms with Crippen LogP contribution in [-0.4, -0.2) is 31.6 Å². The first-order valence-corrected chi connectivity index (χ1v) is 6.81. The van der Waals surface area contributed by atoms with E-state index in [0.29, 0.717) is 12.5 Å². The average molecular weight is 389 g/mol. The van der Waals surface area contributed by atoms with Crippen molar-refractivity contribution in [3.8, 4) is 0 Å². The van der Waals surface area contributed by atoms with Gasteiger partial charge in [0.05, 0.1) is 6.54 Å². The van der Waals surface area contributed by atoms with E-state index in [2.05, 4.69) is 15.3 Å². The molecule has 1 saturated carbocycles. The number of nitrogens with two attached hydrogens (primary N) is 1. The summed E-state index contributed by atoms with van der Waals surface area (Å²) in [7, 11) is 3.95. The second-order valence-electron chi connectivity index (χ2n) is 5.30. The highest BCUT2D eigenvalue weighted by atomic mass is 127. The first-order chi connectivity index (χ1) is 9.15. The van der Waals surface area contributed by atoms with Crippen molar-refractivity contribution in [3.63, 3.8) is 0 Å². The van der Waals surface area contributed by atoms with Gasteiger partial charge in [-0.1, -0.05) is 12.5 Å². The highest BCUT2D eigenvalue weighted by Crippen LogP contribution is 2.24. The summed E-state index contributed by atoms with van der Waals surface area (Å²) in [6, 6.07) is 4.02. The second kappa shape index (κ2) is 8.28. The SMILES string of the molecule is CN(C)c1ccc(CN=C(N)NCC2CCC2)cn1.I. The minimum atomic E-state index is 0. The van der Waals surface area contributed by atoms with Gasteiger partial charge in [-0.3, -0.25) is 0 Å². The number of aromatic nitrogens is 1. The zero-order valence-electron chi connectivity index (χ0n) is 12.2. The number of hydrogen-bond donors (Lipinski definition) is 2. The molecular formula is C14H24IN5. The van der Waals surface area contributed by atoms with Crippen molar-refractivity contribution < 1.29 is 0 Å². The molecule has 1 aromatic heterocycles. The molecule has 1 aliphatic carbocycles. The van der Waals surface area contributed by atoms with Gasteiger partial charge in [0.15, 0.2) is 5.96 Å². The second-order valence-corrected chi connectivity index (χ2v) is 5.30. The Balaban J connectivity index is 0.00000200. The summed E-state index contributed by atoms with van der Waals surface area (Å²) in [5.41, 5.74) is 6.91. The van der Waals surface area contributed by atoms with Crippen LogP contribution in [0.2, 0.25) is 0 Å². The van der Waals surface area contributed by atoms with Crippen molar-refractivity contribution in [2.24, 2.45) is 16.6 Å². The Labute approximate surface area is 138 Å². The molecule has 1 aliphatic rings. The number of guanidine groups is 1. The van der Waals surface area contributed by atoms with Crippen molar-refractivity contribution in [3.05, 3.63) is 23.9 Å². The fraction of sp³-hybridized carbons (Fsp3) is 0.571. The largest absolute Gasteiger partial charge is 0.370 e. The van der Waals surface area contributed by atoms with Gasteiger partial charge in [-0.15, -0.1) is 24.0 Å². The molecule has 0 bridgehead atoms. The minimum Gasteiger partial charge on any atom is -0.370 e. The van der Waals surface area contributed by atoms with Crippen molar-refractivity contribution in [2.45, 2.75) is 25.8 Å². The lowest BCUT2D eigenvalue weighted by Crippen LogP contribution is -2.37. The summed E-state index contributed by atoms with van der Waals surface area (Å²) in [5, 5.41) is 3.18. The lowest BCUT2D eigenvalue weighted by atomic mass is 9.85. The molecule has 112 valence electrons. The molecule has 0 saturated heterocycles. The van der Waals surface area contributed by atoms with Crippen LogP contribution in [0.1, 0.15) is 24.8 Å². The van der Waals surface area contributed by atoms with Crippen molar-refractivity contribution in [2.75, 3.05) is 25.5 Å². The van der Waals surface area contributed by atoms with Gasteiger partial charge in [-0.25, -0.2) is 9.98 Å². The van der Waals surface area contributed by atoms with Crippen LogP contribution in [0.3, 0.4) is 0 Å². The molecule has 20 heavy (non-hydrogen) atoms. The zero-order chi connectivity index (χ0) is 13.7. The van der Waals surface area contributed by atoms with E-state index in [-0.39, 0.29) is 24.0 Å². The van der Waals surface area contributed by atoms with Gasteiger partial charge in [0.25, 0.3) is 0 Å². The van der Waals surface area contributed by atoms with Crippen LogP contribution < -0.4 is 16.0 Å². The van der Waals surface area contributed by atoms with Gasteiger partial charge in [0, 0.05) is 26.8 Å². The molecule has 0 aromatic carbocycles. The predicted octanol–water partition coefficient (Wildman–Crippen LogP) is 1.97. The lowest BCUT2D eigenvalue weighted by molar-refractivity contribution is 0.315. The van der Waals surface area contributed by atoms with Crippen LogP contribution in [0, 0.1) is 5.92 Å². The van der Waals surface area contributed by atoms with Gasteiger partial charge in [-0.05, 0) is 30.4 Å². The number of rotatable bonds is 5. The van der Waals surface area contributed by atoms with Gasteiger partial charge < -0.3 is 16.0 Å². The molecule has 0 unspecified atom stereocenters. The van der Waals surface area contributed by atoms with Crippen molar-refractivity contribution in [1.29, 1.82) is 0 Å². The Kier molecular flexibility index (Phi) is 7.04. The monoisotopic (exact) mass is 389 g/mol. The number of hydrogen-bond acceptors (Lipinski definition) is 3. The summed E-state index contributed by atoms with van der Waals surface area (Å²) >= 11 is 0. The molecule has 0 amide bonds. The first-order valence-electron chi connectivity index (χ1n) is 6.81. The minimum absolute atomic E-state index is 0. The summed E-state index contributed by atoms with van der Waals surface area (Å²) in [4.78, 5) is 10.7. The average Bonchev–Trinajstić information content (AvgIpc) is 2.35. The van der Waals surface area contributed by atoms with Crippen molar-refractivity contribution in [1.82, 2.24) is 10.3 Å². The van der Waals surface area contributed by atoms with E-state index in [1.165, 1.54) is 19.3 Å². The number of nitrogens with zero attached hydrogens (tertiary/aromatic N) is 3. The number of nitrogens with one attached hydrogen (secondary N) is 1. The van der Waals surface area contributed by atoms with Gasteiger partial charge in [-0.2, -0.15) is 0 Å². The Morgan fingerprint density at radius 2 is 2.20 bits per heavy atom. The van der Waals surface area contributed by atoms with E-state index in [1.54, 1.807) is 0 Å². The van der Waals surface area contributed by atoms with Crippen LogP contribution in [0.15, 0.2) is 23.3 Å². The molecule has 1 aromatic rings. The third-order valence-electron chi connectivity index (χ3n) is 3.50. The molecule has 1 fully saturated rings. The fourth-order valence-electron chi connectivity index (χ4n) is 1.95. The van der Waals surface area contributed by atoms with E-state index in [9.17, 15) is 0 Å². The molecule has 0 radical (unpaired) electrons. The van der Waals surface area contributed by atoms with Crippen LogP contribution in [0.25, 0.3) is 0 Å². The van der Waals surface area contributed by atoms with Gasteiger partial charge >= 0.3 is 0 Å². The summed E-state index contributed by atoms with van der Waals surface area (Å²) < 4.78 is 0. The molecule has 3 N–H and O–H groups in total. The molecule has 0 spiro atoms. The van der Waals surface area contributed by atoms with E-state index in [4.69, 9.17) is 5.73 Å². The predicted molar refractivity (Wildman–Crippen MR) is 94.6 cm³/mol. The maximum Gasteiger partial charge on any atom is 0.188 e. The lowest BCUT2D eigenvalue weighted by Gasteiger charge is -2.25. The molecule has 5 nitrogen and oxygen atoms in total. The number of aliphatic imine (C=N–C) groups is 1. The standard InChI is InChI=1S/C14H23N5.HI/c1-19(2)13-7-6-12(9-16-13)10-18-14(15)17-8-11-4-3-5-11;/h6-7,9,11H,3-5,8,10H2,1-2H3,(H3,15,17,18);1H. The Morgan fingerprint density at radius 3 is 2.70 bits per heavy atom. The summed E-state index contributed by atoms with van der Waals surface area (Å²) in [5.74, 6) is 2.27. The third-order valence-corrected chi connectivity index (χ3v) is 3.50. The highest BCUT2D eigenvalue weighted by Gasteiger charge is 2.16. The maximum atomic E-state index is 5.84. The van der Waals surface area contributed by atoms with Crippen LogP contribution in [-0.2, 0) is 6.54 Å². The van der Waals surface area contributed by atoms with Crippen molar-refractivity contribution >= 4 is 35.8 Å². The quantitative estimate of drug-likeness (QED) is 0.459. The number of anilines is 1. The third kappa shape index (κ3) is 5.15.